The van der Waals surface area contributed by atoms with E-state index in [0.717, 1.165) is 35.4 Å². The number of ether oxygens (including phenoxy) is 4. The Morgan fingerprint density at radius 2 is 1.78 bits per heavy atom. The van der Waals surface area contributed by atoms with Crippen molar-refractivity contribution in [2.45, 2.75) is 19.3 Å². The fraction of sp³-hybridized carbons (Fsp3) is 0.350. The van der Waals surface area contributed by atoms with Gasteiger partial charge in [0.1, 0.15) is 10.6 Å². The normalized spacial score (nSPS) is 12.0. The molecule has 0 saturated heterocycles. The summed E-state index contributed by atoms with van der Waals surface area (Å²) in [6, 6.07) is 2.14. The summed E-state index contributed by atoms with van der Waals surface area (Å²) in [4.78, 5) is 48.6. The molecule has 170 valence electrons. The molecule has 0 saturated carbocycles. The van der Waals surface area contributed by atoms with E-state index in [1.54, 1.807) is 0 Å². The van der Waals surface area contributed by atoms with E-state index in [1.807, 2.05) is 0 Å². The van der Waals surface area contributed by atoms with Gasteiger partial charge in [0.05, 0.1) is 37.9 Å². The van der Waals surface area contributed by atoms with Crippen LogP contribution in [0.25, 0.3) is 0 Å². The molecule has 0 bridgehead atoms. The molecule has 1 amide bonds. The summed E-state index contributed by atoms with van der Waals surface area (Å²) in [6.45, 7) is -0.715. The van der Waals surface area contributed by atoms with Crippen molar-refractivity contribution in [1.29, 1.82) is 0 Å². The first kappa shape index (κ1) is 23.0. The van der Waals surface area contributed by atoms with Gasteiger partial charge in [0.15, 0.2) is 18.1 Å². The average Bonchev–Trinajstić information content (AvgIpc) is 3.36. The maximum atomic E-state index is 12.5. The molecular weight excluding hydrogens is 444 g/mol. The zero-order valence-corrected chi connectivity index (χ0v) is 18.3. The summed E-state index contributed by atoms with van der Waals surface area (Å²) < 4.78 is 19.9. The number of methoxy groups -OCH3 is 3. The number of rotatable bonds is 8. The van der Waals surface area contributed by atoms with Crippen LogP contribution in [-0.4, -0.2) is 50.7 Å². The highest BCUT2D eigenvalue weighted by Gasteiger charge is 2.29. The van der Waals surface area contributed by atoms with E-state index in [2.05, 4.69) is 5.32 Å². The molecule has 0 atom stereocenters. The van der Waals surface area contributed by atoms with Crippen molar-refractivity contribution in [2.75, 3.05) is 33.3 Å². The highest BCUT2D eigenvalue weighted by Crippen LogP contribution is 2.39. The molecule has 1 aromatic heterocycles. The molecular formula is C20H20N2O9S. The molecule has 1 aromatic carbocycles. The van der Waals surface area contributed by atoms with Crippen LogP contribution >= 0.6 is 11.3 Å². The number of hydrogen-bond donors (Lipinski definition) is 1. The molecule has 0 unspecified atom stereocenters. The Bertz CT molecular complexity index is 1090. The zero-order chi connectivity index (χ0) is 23.4. The molecule has 1 N–H and O–H groups in total. The zero-order valence-electron chi connectivity index (χ0n) is 17.5. The predicted octanol–water partition coefficient (Wildman–Crippen LogP) is 2.74. The van der Waals surface area contributed by atoms with Crippen molar-refractivity contribution >= 4 is 39.9 Å². The molecule has 12 heteroatoms. The van der Waals surface area contributed by atoms with Gasteiger partial charge in [-0.2, -0.15) is 0 Å². The van der Waals surface area contributed by atoms with Gasteiger partial charge in [-0.15, -0.1) is 11.3 Å². The summed E-state index contributed by atoms with van der Waals surface area (Å²) in [5.41, 5.74) is 0.205. The third-order valence-corrected chi connectivity index (χ3v) is 6.02. The second-order valence-corrected chi connectivity index (χ2v) is 7.76. The van der Waals surface area contributed by atoms with Gasteiger partial charge < -0.3 is 24.3 Å². The second kappa shape index (κ2) is 9.64. The maximum absolute atomic E-state index is 12.5. The number of fused-ring (bicyclic) bond motifs is 1. The SMILES string of the molecule is COC(=O)c1c(NC(=O)COC(=O)c2cc(OC)c(OC)cc2[N+](=O)[O-])sc2c1CCC2. The number of anilines is 1. The number of thiophene rings is 1. The molecule has 0 fully saturated rings. The lowest BCUT2D eigenvalue weighted by molar-refractivity contribution is -0.385. The van der Waals surface area contributed by atoms with Crippen molar-refractivity contribution < 1.29 is 38.3 Å². The monoisotopic (exact) mass is 464 g/mol. The highest BCUT2D eigenvalue weighted by molar-refractivity contribution is 7.17. The molecule has 1 aliphatic carbocycles. The molecule has 1 aliphatic rings. The van der Waals surface area contributed by atoms with Gasteiger partial charge in [-0.05, 0) is 24.8 Å². The van der Waals surface area contributed by atoms with Gasteiger partial charge in [0.2, 0.25) is 0 Å². The van der Waals surface area contributed by atoms with Crippen LogP contribution in [0.1, 0.15) is 37.6 Å². The number of carbonyl (C=O) groups excluding carboxylic acids is 3. The number of nitro groups is 1. The van der Waals surface area contributed by atoms with Gasteiger partial charge in [-0.3, -0.25) is 14.9 Å². The van der Waals surface area contributed by atoms with Gasteiger partial charge in [0, 0.05) is 10.9 Å². The third kappa shape index (κ3) is 4.49. The molecule has 32 heavy (non-hydrogen) atoms. The van der Waals surface area contributed by atoms with Gasteiger partial charge in [-0.1, -0.05) is 0 Å². The van der Waals surface area contributed by atoms with Gasteiger partial charge in [-0.25, -0.2) is 9.59 Å². The molecule has 0 aliphatic heterocycles. The van der Waals surface area contributed by atoms with Crippen LogP contribution in [0.2, 0.25) is 0 Å². The first-order valence-electron chi connectivity index (χ1n) is 9.40. The Balaban J connectivity index is 1.74. The van der Waals surface area contributed by atoms with Crippen LogP contribution in [0.4, 0.5) is 10.7 Å². The summed E-state index contributed by atoms with van der Waals surface area (Å²) in [7, 11) is 3.86. The number of nitrogens with one attached hydrogen (secondary N) is 1. The van der Waals surface area contributed by atoms with Crippen molar-refractivity contribution in [3.8, 4) is 11.5 Å². The van der Waals surface area contributed by atoms with Crippen LogP contribution in [0.5, 0.6) is 11.5 Å². The van der Waals surface area contributed by atoms with Crippen molar-refractivity contribution in [3.05, 3.63) is 43.8 Å². The quantitative estimate of drug-likeness (QED) is 0.354. The number of benzene rings is 1. The Morgan fingerprint density at radius 3 is 2.41 bits per heavy atom. The first-order valence-corrected chi connectivity index (χ1v) is 10.2. The fourth-order valence-corrected chi connectivity index (χ4v) is 4.66. The van der Waals surface area contributed by atoms with E-state index in [1.165, 1.54) is 32.7 Å². The minimum atomic E-state index is -1.09. The predicted molar refractivity (Wildman–Crippen MR) is 113 cm³/mol. The number of aryl methyl sites for hydroxylation is 1. The number of nitrogens with zero attached hydrogens (tertiary/aromatic N) is 1. The third-order valence-electron chi connectivity index (χ3n) is 4.82. The van der Waals surface area contributed by atoms with E-state index in [4.69, 9.17) is 18.9 Å². The Labute approximate surface area is 186 Å². The summed E-state index contributed by atoms with van der Waals surface area (Å²) in [6.07, 6.45) is 2.43. The molecule has 2 aromatic rings. The van der Waals surface area contributed by atoms with Crippen molar-refractivity contribution in [2.24, 2.45) is 0 Å². The smallest absolute Gasteiger partial charge is 0.345 e. The lowest BCUT2D eigenvalue weighted by atomic mass is 10.1. The number of esters is 2. The standard InChI is InChI=1S/C20H20N2O9S/c1-28-13-7-11(12(22(26)27)8-14(13)29-2)19(24)31-9-16(23)21-18-17(20(25)30-3)10-5-4-6-15(10)32-18/h7-8H,4-6,9H2,1-3H3,(H,21,23). The molecule has 0 radical (unpaired) electrons. The molecule has 1 heterocycles. The molecule has 0 spiro atoms. The summed E-state index contributed by atoms with van der Waals surface area (Å²) >= 11 is 1.27. The van der Waals surface area contributed by atoms with E-state index in [9.17, 15) is 24.5 Å². The van der Waals surface area contributed by atoms with Gasteiger partial charge in [0.25, 0.3) is 11.6 Å². The Morgan fingerprint density at radius 1 is 1.09 bits per heavy atom. The number of amides is 1. The Hall–Kier alpha value is -3.67. The number of hydrogen-bond acceptors (Lipinski definition) is 10. The van der Waals surface area contributed by atoms with E-state index in [0.29, 0.717) is 17.0 Å². The maximum Gasteiger partial charge on any atom is 0.345 e. The minimum absolute atomic E-state index is 0.0644. The van der Waals surface area contributed by atoms with E-state index >= 15 is 0 Å². The number of nitro benzene ring substituents is 1. The van der Waals surface area contributed by atoms with Crippen LogP contribution < -0.4 is 14.8 Å². The average molecular weight is 464 g/mol. The van der Waals surface area contributed by atoms with Crippen molar-refractivity contribution in [1.82, 2.24) is 0 Å². The first-order chi connectivity index (χ1) is 15.3. The molecule has 3 rings (SSSR count). The molecule has 11 nitrogen and oxygen atoms in total. The number of carbonyl (C=O) groups is 3. The van der Waals surface area contributed by atoms with E-state index in [-0.39, 0.29) is 11.5 Å². The van der Waals surface area contributed by atoms with E-state index < -0.39 is 40.6 Å². The van der Waals surface area contributed by atoms with Gasteiger partial charge >= 0.3 is 11.9 Å². The topological polar surface area (TPSA) is 143 Å². The lowest BCUT2D eigenvalue weighted by Gasteiger charge is -2.11. The van der Waals surface area contributed by atoms with Crippen LogP contribution in [0.3, 0.4) is 0 Å². The largest absolute Gasteiger partial charge is 0.493 e. The van der Waals surface area contributed by atoms with Crippen molar-refractivity contribution in [3.63, 3.8) is 0 Å². The fourth-order valence-electron chi connectivity index (χ4n) is 3.36. The minimum Gasteiger partial charge on any atom is -0.493 e. The summed E-state index contributed by atoms with van der Waals surface area (Å²) in [5, 5.41) is 14.2. The lowest BCUT2D eigenvalue weighted by Crippen LogP contribution is -2.22. The van der Waals surface area contributed by atoms with Crippen LogP contribution in [0.15, 0.2) is 12.1 Å². The van der Waals surface area contributed by atoms with Crippen LogP contribution in [-0.2, 0) is 27.1 Å². The Kier molecular flexibility index (Phi) is 6.93. The van der Waals surface area contributed by atoms with Crippen LogP contribution in [0, 0.1) is 10.1 Å². The second-order valence-electron chi connectivity index (χ2n) is 6.66. The summed E-state index contributed by atoms with van der Waals surface area (Å²) in [5.74, 6) is -2.20. The highest BCUT2D eigenvalue weighted by atomic mass is 32.1.